The number of aromatic carboxylic acids is 1. The Balaban J connectivity index is 2.26. The Labute approximate surface area is 109 Å². The van der Waals surface area contributed by atoms with E-state index >= 15 is 0 Å². The first-order valence-electron chi connectivity index (χ1n) is 5.88. The first-order valence-corrected chi connectivity index (χ1v) is 6.70. The number of nitrogens with zero attached hydrogens (tertiary/aromatic N) is 3. The number of thiophene rings is 1. The van der Waals surface area contributed by atoms with E-state index in [-0.39, 0.29) is 5.69 Å². The van der Waals surface area contributed by atoms with E-state index in [1.54, 1.807) is 16.0 Å². The lowest BCUT2D eigenvalue weighted by Crippen LogP contribution is -2.07. The van der Waals surface area contributed by atoms with Crippen LogP contribution in [-0.2, 0) is 19.4 Å². The van der Waals surface area contributed by atoms with Crippen molar-refractivity contribution in [2.75, 3.05) is 0 Å². The highest BCUT2D eigenvalue weighted by molar-refractivity contribution is 7.11. The number of carbonyl (C=O) groups is 1. The van der Waals surface area contributed by atoms with E-state index in [2.05, 4.69) is 29.4 Å². The van der Waals surface area contributed by atoms with Gasteiger partial charge in [-0.2, -0.15) is 0 Å². The summed E-state index contributed by atoms with van der Waals surface area (Å²) in [4.78, 5) is 13.5. The number of aryl methyl sites for hydroxylation is 1. The lowest BCUT2D eigenvalue weighted by molar-refractivity contribution is 0.0689. The highest BCUT2D eigenvalue weighted by atomic mass is 32.1. The molecule has 0 aliphatic rings. The third-order valence-corrected chi connectivity index (χ3v) is 3.96. The molecule has 0 atom stereocenters. The SMILES string of the molecule is CCc1ccc(Cn2nnc(C(=O)O)c2CC)s1. The Hall–Kier alpha value is -1.69. The number of hydrogen-bond donors (Lipinski definition) is 1. The number of hydrogen-bond acceptors (Lipinski definition) is 4. The predicted octanol–water partition coefficient (Wildman–Crippen LogP) is 2.21. The lowest BCUT2D eigenvalue weighted by Gasteiger charge is -2.02. The summed E-state index contributed by atoms with van der Waals surface area (Å²) in [7, 11) is 0. The van der Waals surface area contributed by atoms with Crippen LogP contribution < -0.4 is 0 Å². The second kappa shape index (κ2) is 5.30. The number of carboxylic acid groups (broad SMARTS) is 1. The van der Waals surface area contributed by atoms with E-state index in [9.17, 15) is 4.79 Å². The zero-order valence-corrected chi connectivity index (χ0v) is 11.2. The molecule has 2 heterocycles. The third kappa shape index (κ3) is 2.43. The van der Waals surface area contributed by atoms with Gasteiger partial charge in [-0.1, -0.05) is 19.1 Å². The van der Waals surface area contributed by atoms with Gasteiger partial charge in [-0.05, 0) is 25.0 Å². The van der Waals surface area contributed by atoms with Crippen LogP contribution in [0.2, 0.25) is 0 Å². The standard InChI is InChI=1S/C12H15N3O2S/c1-3-8-5-6-9(18-8)7-15-10(4-2)11(12(16)17)13-14-15/h5-6H,3-4,7H2,1-2H3,(H,16,17). The van der Waals surface area contributed by atoms with E-state index in [1.807, 2.05) is 6.92 Å². The average molecular weight is 265 g/mol. The fourth-order valence-corrected chi connectivity index (χ4v) is 2.76. The van der Waals surface area contributed by atoms with Crippen molar-refractivity contribution in [3.8, 4) is 0 Å². The van der Waals surface area contributed by atoms with Crippen molar-refractivity contribution in [2.24, 2.45) is 0 Å². The molecule has 0 aliphatic heterocycles. The molecule has 0 amide bonds. The van der Waals surface area contributed by atoms with Gasteiger partial charge in [0.25, 0.3) is 0 Å². The summed E-state index contributed by atoms with van der Waals surface area (Å²) in [5.74, 6) is -1.02. The van der Waals surface area contributed by atoms with E-state index in [0.717, 1.165) is 6.42 Å². The minimum atomic E-state index is -1.02. The van der Waals surface area contributed by atoms with Crippen LogP contribution in [0.25, 0.3) is 0 Å². The van der Waals surface area contributed by atoms with Crippen LogP contribution in [0.15, 0.2) is 12.1 Å². The normalized spacial score (nSPS) is 10.8. The number of carboxylic acids is 1. The molecule has 0 saturated carbocycles. The molecule has 0 fully saturated rings. The van der Waals surface area contributed by atoms with Gasteiger partial charge >= 0.3 is 5.97 Å². The first-order chi connectivity index (χ1) is 8.65. The Kier molecular flexibility index (Phi) is 3.76. The molecule has 0 radical (unpaired) electrons. The molecule has 2 aromatic heterocycles. The molecule has 0 aliphatic carbocycles. The van der Waals surface area contributed by atoms with Crippen molar-refractivity contribution in [1.29, 1.82) is 0 Å². The summed E-state index contributed by atoms with van der Waals surface area (Å²) < 4.78 is 1.68. The van der Waals surface area contributed by atoms with Gasteiger partial charge in [0.15, 0.2) is 5.69 Å². The van der Waals surface area contributed by atoms with Crippen LogP contribution in [0.4, 0.5) is 0 Å². The van der Waals surface area contributed by atoms with Crippen molar-refractivity contribution in [1.82, 2.24) is 15.0 Å². The maximum atomic E-state index is 11.0. The molecular formula is C12H15N3O2S. The molecule has 2 aromatic rings. The van der Waals surface area contributed by atoms with E-state index in [0.29, 0.717) is 18.7 Å². The molecule has 0 aromatic carbocycles. The molecule has 0 unspecified atom stereocenters. The second-order valence-electron chi connectivity index (χ2n) is 3.92. The quantitative estimate of drug-likeness (QED) is 0.900. The maximum Gasteiger partial charge on any atom is 0.358 e. The monoisotopic (exact) mass is 265 g/mol. The summed E-state index contributed by atoms with van der Waals surface area (Å²) in [6, 6.07) is 4.16. The van der Waals surface area contributed by atoms with Crippen molar-refractivity contribution in [2.45, 2.75) is 33.2 Å². The van der Waals surface area contributed by atoms with Gasteiger partial charge in [-0.15, -0.1) is 16.4 Å². The van der Waals surface area contributed by atoms with Gasteiger partial charge in [0.2, 0.25) is 0 Å². The van der Waals surface area contributed by atoms with Gasteiger partial charge in [0.05, 0.1) is 12.2 Å². The lowest BCUT2D eigenvalue weighted by atomic mass is 10.2. The summed E-state index contributed by atoms with van der Waals surface area (Å²) in [5.41, 5.74) is 0.735. The van der Waals surface area contributed by atoms with Crippen molar-refractivity contribution in [3.63, 3.8) is 0 Å². The minimum Gasteiger partial charge on any atom is -0.476 e. The van der Waals surface area contributed by atoms with Crippen LogP contribution in [0, 0.1) is 0 Å². The largest absolute Gasteiger partial charge is 0.476 e. The van der Waals surface area contributed by atoms with Crippen LogP contribution in [-0.4, -0.2) is 26.1 Å². The Morgan fingerprint density at radius 1 is 1.33 bits per heavy atom. The van der Waals surface area contributed by atoms with Crippen LogP contribution in [0.1, 0.15) is 39.8 Å². The third-order valence-electron chi connectivity index (χ3n) is 2.75. The average Bonchev–Trinajstić information content (AvgIpc) is 2.95. The molecule has 0 saturated heterocycles. The molecule has 0 spiro atoms. The van der Waals surface area contributed by atoms with Gasteiger partial charge < -0.3 is 5.11 Å². The zero-order chi connectivity index (χ0) is 13.1. The highest BCUT2D eigenvalue weighted by Gasteiger charge is 2.17. The van der Waals surface area contributed by atoms with Crippen molar-refractivity contribution in [3.05, 3.63) is 33.3 Å². The summed E-state index contributed by atoms with van der Waals surface area (Å²) in [6.07, 6.45) is 1.63. The molecule has 18 heavy (non-hydrogen) atoms. The van der Waals surface area contributed by atoms with Gasteiger partial charge in [-0.3, -0.25) is 0 Å². The molecule has 1 N–H and O–H groups in total. The van der Waals surface area contributed by atoms with Crippen molar-refractivity contribution >= 4 is 17.3 Å². The smallest absolute Gasteiger partial charge is 0.358 e. The minimum absolute atomic E-state index is 0.0600. The highest BCUT2D eigenvalue weighted by Crippen LogP contribution is 2.19. The fraction of sp³-hybridized carbons (Fsp3) is 0.417. The summed E-state index contributed by atoms with van der Waals surface area (Å²) in [5, 5.41) is 16.7. The second-order valence-corrected chi connectivity index (χ2v) is 5.18. The molecular weight excluding hydrogens is 250 g/mol. The van der Waals surface area contributed by atoms with Crippen molar-refractivity contribution < 1.29 is 9.90 Å². The van der Waals surface area contributed by atoms with E-state index < -0.39 is 5.97 Å². The Morgan fingerprint density at radius 3 is 2.61 bits per heavy atom. The fourth-order valence-electron chi connectivity index (χ4n) is 1.82. The molecule has 0 bridgehead atoms. The maximum absolute atomic E-state index is 11.0. The number of rotatable bonds is 5. The van der Waals surface area contributed by atoms with Gasteiger partial charge in [0, 0.05) is 9.75 Å². The first kappa shape index (κ1) is 12.8. The zero-order valence-electron chi connectivity index (χ0n) is 10.4. The van der Waals surface area contributed by atoms with Crippen LogP contribution in [0.3, 0.4) is 0 Å². The topological polar surface area (TPSA) is 68.0 Å². The summed E-state index contributed by atoms with van der Waals surface area (Å²) >= 11 is 1.73. The summed E-state index contributed by atoms with van der Waals surface area (Å²) in [6.45, 7) is 4.62. The van der Waals surface area contributed by atoms with Gasteiger partial charge in [0.1, 0.15) is 0 Å². The molecule has 2 rings (SSSR count). The molecule has 6 heteroatoms. The Bertz CT molecular complexity index is 559. The van der Waals surface area contributed by atoms with Gasteiger partial charge in [-0.25, -0.2) is 9.48 Å². The molecule has 96 valence electrons. The molecule has 5 nitrogen and oxygen atoms in total. The van der Waals surface area contributed by atoms with E-state index in [4.69, 9.17) is 5.11 Å². The predicted molar refractivity (Wildman–Crippen MR) is 69.2 cm³/mol. The Morgan fingerprint density at radius 2 is 2.06 bits per heavy atom. The number of aromatic nitrogens is 3. The van der Waals surface area contributed by atoms with E-state index in [1.165, 1.54) is 9.75 Å². The van der Waals surface area contributed by atoms with Crippen LogP contribution in [0.5, 0.6) is 0 Å². The van der Waals surface area contributed by atoms with Crippen LogP contribution >= 0.6 is 11.3 Å².